The zero-order valence-corrected chi connectivity index (χ0v) is 22.7. The van der Waals surface area contributed by atoms with Gasteiger partial charge in [0, 0.05) is 13.0 Å². The highest BCUT2D eigenvalue weighted by Gasteiger charge is 2.50. The molecule has 6 atom stereocenters. The lowest BCUT2D eigenvalue weighted by molar-refractivity contribution is 0.0275. The van der Waals surface area contributed by atoms with E-state index in [0.717, 1.165) is 35.3 Å². The first kappa shape index (κ1) is 27.3. The molecule has 3 fully saturated rings. The minimum atomic E-state index is -0.845. The van der Waals surface area contributed by atoms with E-state index >= 15 is 0 Å². The van der Waals surface area contributed by atoms with Crippen LogP contribution in [0.5, 0.6) is 0 Å². The largest absolute Gasteiger partial charge is 0.393 e. The van der Waals surface area contributed by atoms with Crippen LogP contribution >= 0.6 is 0 Å². The van der Waals surface area contributed by atoms with Crippen molar-refractivity contribution in [3.8, 4) is 0 Å². The van der Waals surface area contributed by atoms with Crippen molar-refractivity contribution < 1.29 is 20.1 Å². The molecule has 0 aromatic heterocycles. The summed E-state index contributed by atoms with van der Waals surface area (Å²) in [5.41, 5.74) is 4.74. The van der Waals surface area contributed by atoms with Gasteiger partial charge in [0.1, 0.15) is 0 Å². The van der Waals surface area contributed by atoms with Crippen LogP contribution in [-0.2, 0) is 16.9 Å². The number of ether oxygens (including phenoxy) is 1. The molecule has 4 nitrogen and oxygen atoms in total. The van der Waals surface area contributed by atoms with E-state index in [9.17, 15) is 15.3 Å². The molecule has 4 heteroatoms. The van der Waals surface area contributed by atoms with Crippen LogP contribution in [-0.4, -0.2) is 34.1 Å². The molecule has 198 valence electrons. The average molecular weight is 495 g/mol. The number of fused-ring (bicyclic) bond motifs is 1. The van der Waals surface area contributed by atoms with Crippen molar-refractivity contribution in [2.75, 3.05) is 6.61 Å². The summed E-state index contributed by atoms with van der Waals surface area (Å²) in [7, 11) is 0. The highest BCUT2D eigenvalue weighted by molar-refractivity contribution is 5.38. The third kappa shape index (κ3) is 5.88. The Labute approximate surface area is 217 Å². The van der Waals surface area contributed by atoms with Crippen molar-refractivity contribution in [2.45, 2.75) is 97.1 Å². The number of aliphatic hydroxyl groups is 3. The van der Waals surface area contributed by atoms with Gasteiger partial charge in [-0.05, 0) is 97.8 Å². The highest BCUT2D eigenvalue weighted by atomic mass is 16.5. The number of allylic oxidation sites excluding steroid dienone is 3. The van der Waals surface area contributed by atoms with Crippen LogP contribution in [0.15, 0.2) is 59.7 Å². The van der Waals surface area contributed by atoms with Crippen LogP contribution in [0.4, 0.5) is 0 Å². The van der Waals surface area contributed by atoms with Crippen LogP contribution in [0.25, 0.3) is 0 Å². The van der Waals surface area contributed by atoms with Crippen molar-refractivity contribution in [1.82, 2.24) is 0 Å². The molecule has 36 heavy (non-hydrogen) atoms. The van der Waals surface area contributed by atoms with E-state index in [0.29, 0.717) is 37.2 Å². The standard InChI is InChI=1S/C32H46O4/c1-21(19-36-20-23-8-6-10-26(16-23)31(3,4)35)28-13-14-29-24(9-7-15-32(28,29)5)11-12-25-17-27(33)18-30(34)22(25)2/h6,8,10-12,16,21,27-30,33-35H,2,7,9,13-15,17-20H2,1,3-5H3/b24-11-,25-12-/t21-,27+,28+,29-,30-,32?/m0/s1. The Hall–Kier alpha value is -1.72. The summed E-state index contributed by atoms with van der Waals surface area (Å²) in [6.07, 6.45) is 10.3. The third-order valence-corrected chi connectivity index (χ3v) is 9.27. The van der Waals surface area contributed by atoms with E-state index < -0.39 is 17.8 Å². The molecule has 0 amide bonds. The van der Waals surface area contributed by atoms with Crippen molar-refractivity contribution in [1.29, 1.82) is 0 Å². The molecule has 3 N–H and O–H groups in total. The Morgan fingerprint density at radius 2 is 2.00 bits per heavy atom. The second-order valence-electron chi connectivity index (χ2n) is 12.4. The summed E-state index contributed by atoms with van der Waals surface area (Å²) >= 11 is 0. The van der Waals surface area contributed by atoms with Gasteiger partial charge in [0.15, 0.2) is 0 Å². The molecule has 3 aliphatic carbocycles. The van der Waals surface area contributed by atoms with Crippen molar-refractivity contribution in [2.24, 2.45) is 23.2 Å². The van der Waals surface area contributed by atoms with Gasteiger partial charge in [-0.25, -0.2) is 0 Å². The van der Waals surface area contributed by atoms with Gasteiger partial charge in [0.2, 0.25) is 0 Å². The summed E-state index contributed by atoms with van der Waals surface area (Å²) in [6.45, 7) is 13.9. The van der Waals surface area contributed by atoms with E-state index in [-0.39, 0.29) is 5.41 Å². The van der Waals surface area contributed by atoms with Gasteiger partial charge < -0.3 is 20.1 Å². The fourth-order valence-corrected chi connectivity index (χ4v) is 7.20. The van der Waals surface area contributed by atoms with Crippen LogP contribution in [0.2, 0.25) is 0 Å². The van der Waals surface area contributed by atoms with Crippen LogP contribution < -0.4 is 0 Å². The van der Waals surface area contributed by atoms with Gasteiger partial charge >= 0.3 is 0 Å². The molecule has 1 unspecified atom stereocenters. The fourth-order valence-electron chi connectivity index (χ4n) is 7.20. The molecule has 3 saturated carbocycles. The number of hydrogen-bond donors (Lipinski definition) is 3. The zero-order chi connectivity index (χ0) is 26.1. The third-order valence-electron chi connectivity index (χ3n) is 9.27. The average Bonchev–Trinajstić information content (AvgIpc) is 3.17. The number of rotatable bonds is 7. The number of hydrogen-bond acceptors (Lipinski definition) is 4. The quantitative estimate of drug-likeness (QED) is 0.422. The molecule has 1 aromatic carbocycles. The Morgan fingerprint density at radius 3 is 2.75 bits per heavy atom. The minimum Gasteiger partial charge on any atom is -0.393 e. The summed E-state index contributed by atoms with van der Waals surface area (Å²) < 4.78 is 6.21. The van der Waals surface area contributed by atoms with Gasteiger partial charge in [-0.15, -0.1) is 0 Å². The Morgan fingerprint density at radius 1 is 1.22 bits per heavy atom. The molecular weight excluding hydrogens is 448 g/mol. The maximum Gasteiger partial charge on any atom is 0.0840 e. The second kappa shape index (κ2) is 10.9. The van der Waals surface area contributed by atoms with Gasteiger partial charge in [-0.2, -0.15) is 0 Å². The van der Waals surface area contributed by atoms with Crippen molar-refractivity contribution in [3.63, 3.8) is 0 Å². The first-order valence-electron chi connectivity index (χ1n) is 13.8. The molecule has 1 aromatic rings. The number of aliphatic hydroxyl groups excluding tert-OH is 2. The molecule has 0 bridgehead atoms. The molecule has 0 heterocycles. The van der Waals surface area contributed by atoms with E-state index in [1.54, 1.807) is 0 Å². The highest BCUT2D eigenvalue weighted by Crippen LogP contribution is 2.59. The Balaban J connectivity index is 1.39. The minimum absolute atomic E-state index is 0.287. The molecule has 0 saturated heterocycles. The topological polar surface area (TPSA) is 69.9 Å². The molecule has 4 rings (SSSR count). The summed E-state index contributed by atoms with van der Waals surface area (Å²) in [5.74, 6) is 1.71. The normalized spacial score (nSPS) is 34.2. The molecule has 0 aliphatic heterocycles. The SMILES string of the molecule is C=C1/C(=C\C=C2\CCCC3(C)[C@@H]([C@@H](C)COCc4cccc(C(C)(C)O)c4)CC[C@@H]23)C[C@@H](O)C[C@@H]1O. The van der Waals surface area contributed by atoms with Crippen LogP contribution in [0.1, 0.15) is 83.8 Å². The monoisotopic (exact) mass is 494 g/mol. The second-order valence-corrected chi connectivity index (χ2v) is 12.4. The summed E-state index contributed by atoms with van der Waals surface area (Å²) in [6, 6.07) is 8.07. The maximum absolute atomic E-state index is 10.3. The van der Waals surface area contributed by atoms with E-state index in [1.165, 1.54) is 31.3 Å². The lowest BCUT2D eigenvalue weighted by atomic mass is 9.61. The predicted octanol–water partition coefficient (Wildman–Crippen LogP) is 6.21. The predicted molar refractivity (Wildman–Crippen MR) is 145 cm³/mol. The van der Waals surface area contributed by atoms with Gasteiger partial charge in [0.25, 0.3) is 0 Å². The zero-order valence-electron chi connectivity index (χ0n) is 22.7. The lowest BCUT2D eigenvalue weighted by Gasteiger charge is -2.44. The van der Waals surface area contributed by atoms with E-state index in [2.05, 4.69) is 38.6 Å². The fraction of sp³-hybridized carbons (Fsp3) is 0.625. The van der Waals surface area contributed by atoms with Crippen LogP contribution in [0, 0.1) is 23.2 Å². The summed E-state index contributed by atoms with van der Waals surface area (Å²) in [4.78, 5) is 0. The first-order valence-corrected chi connectivity index (χ1v) is 13.8. The van der Waals surface area contributed by atoms with E-state index in [1.807, 2.05) is 32.0 Å². The van der Waals surface area contributed by atoms with Gasteiger partial charge in [0.05, 0.1) is 24.4 Å². The van der Waals surface area contributed by atoms with E-state index in [4.69, 9.17) is 4.74 Å². The smallest absolute Gasteiger partial charge is 0.0840 e. The van der Waals surface area contributed by atoms with Gasteiger partial charge in [-0.3, -0.25) is 0 Å². The van der Waals surface area contributed by atoms with Gasteiger partial charge in [-0.1, -0.05) is 62.4 Å². The van der Waals surface area contributed by atoms with Crippen molar-refractivity contribution in [3.05, 3.63) is 70.8 Å². The lowest BCUT2D eigenvalue weighted by Crippen LogP contribution is -2.37. The summed E-state index contributed by atoms with van der Waals surface area (Å²) in [5, 5.41) is 30.6. The number of benzene rings is 1. The molecule has 0 spiro atoms. The molecule has 3 aliphatic rings. The Bertz CT molecular complexity index is 1000. The Kier molecular flexibility index (Phi) is 8.31. The van der Waals surface area contributed by atoms with Crippen LogP contribution in [0.3, 0.4) is 0 Å². The van der Waals surface area contributed by atoms with Crippen molar-refractivity contribution >= 4 is 0 Å². The first-order chi connectivity index (χ1) is 17.0. The molecular formula is C32H46O4. The maximum atomic E-state index is 10.3. The molecule has 0 radical (unpaired) electrons.